The van der Waals surface area contributed by atoms with Gasteiger partial charge >= 0.3 is 11.9 Å². The number of imidazole rings is 1. The molecule has 0 radical (unpaired) electrons. The van der Waals surface area contributed by atoms with E-state index < -0.39 is 11.9 Å². The molecular weight excluding hydrogens is 308 g/mol. The van der Waals surface area contributed by atoms with Gasteiger partial charge in [0.25, 0.3) is 0 Å². The number of hydrogen-bond acceptors (Lipinski definition) is 3. The van der Waals surface area contributed by atoms with Crippen LogP contribution in [0.15, 0.2) is 67.3 Å². The van der Waals surface area contributed by atoms with E-state index in [0.717, 1.165) is 11.1 Å². The third-order valence-electron chi connectivity index (χ3n) is 3.77. The van der Waals surface area contributed by atoms with Crippen LogP contribution in [0, 0.1) is 0 Å². The third kappa shape index (κ3) is 3.03. The smallest absolute Gasteiger partial charge is 0.335 e. The maximum absolute atomic E-state index is 11.0. The molecule has 0 saturated carbocycles. The summed E-state index contributed by atoms with van der Waals surface area (Å²) in [5.41, 5.74) is 2.18. The van der Waals surface area contributed by atoms with E-state index in [9.17, 15) is 9.59 Å². The Morgan fingerprint density at radius 1 is 0.833 bits per heavy atom. The van der Waals surface area contributed by atoms with Crippen LogP contribution in [0.3, 0.4) is 0 Å². The van der Waals surface area contributed by atoms with E-state index in [-0.39, 0.29) is 17.2 Å². The quantitative estimate of drug-likeness (QED) is 0.753. The predicted molar refractivity (Wildman–Crippen MR) is 86.3 cm³/mol. The number of rotatable bonds is 5. The number of carbonyl (C=O) groups is 2. The molecule has 0 spiro atoms. The fraction of sp³-hybridized carbons (Fsp3) is 0.0556. The lowest BCUT2D eigenvalue weighted by atomic mass is 9.96. The first-order chi connectivity index (χ1) is 11.6. The van der Waals surface area contributed by atoms with Crippen molar-refractivity contribution in [2.45, 2.75) is 6.04 Å². The topological polar surface area (TPSA) is 92.4 Å². The molecule has 0 bridgehead atoms. The number of carboxylic acid groups (broad SMARTS) is 2. The molecular formula is C18H14N2O4. The summed E-state index contributed by atoms with van der Waals surface area (Å²) in [4.78, 5) is 26.1. The Morgan fingerprint density at radius 3 is 1.62 bits per heavy atom. The summed E-state index contributed by atoms with van der Waals surface area (Å²) >= 11 is 0. The largest absolute Gasteiger partial charge is 0.478 e. The molecule has 0 amide bonds. The van der Waals surface area contributed by atoms with Crippen molar-refractivity contribution in [3.05, 3.63) is 89.5 Å². The normalized spacial score (nSPS) is 10.7. The molecule has 1 aromatic heterocycles. The van der Waals surface area contributed by atoms with Crippen LogP contribution in [0.5, 0.6) is 0 Å². The van der Waals surface area contributed by atoms with Crippen LogP contribution >= 0.6 is 0 Å². The zero-order chi connectivity index (χ0) is 17.1. The molecule has 0 aliphatic carbocycles. The van der Waals surface area contributed by atoms with Crippen molar-refractivity contribution in [3.63, 3.8) is 0 Å². The number of nitrogens with zero attached hydrogens (tertiary/aromatic N) is 2. The van der Waals surface area contributed by atoms with Crippen LogP contribution < -0.4 is 0 Å². The van der Waals surface area contributed by atoms with Gasteiger partial charge in [-0.3, -0.25) is 0 Å². The fourth-order valence-electron chi connectivity index (χ4n) is 2.57. The van der Waals surface area contributed by atoms with Crippen molar-refractivity contribution in [2.24, 2.45) is 0 Å². The van der Waals surface area contributed by atoms with E-state index in [1.807, 2.05) is 4.57 Å². The summed E-state index contributed by atoms with van der Waals surface area (Å²) in [6, 6.07) is 13.0. The molecule has 0 aliphatic rings. The van der Waals surface area contributed by atoms with Gasteiger partial charge in [0.15, 0.2) is 0 Å². The molecule has 3 aromatic rings. The lowest BCUT2D eigenvalue weighted by molar-refractivity contribution is 0.0686. The molecule has 0 saturated heterocycles. The molecule has 24 heavy (non-hydrogen) atoms. The van der Waals surface area contributed by atoms with Crippen LogP contribution in [0.2, 0.25) is 0 Å². The highest BCUT2D eigenvalue weighted by molar-refractivity contribution is 5.88. The monoisotopic (exact) mass is 322 g/mol. The van der Waals surface area contributed by atoms with Crippen LogP contribution in [-0.4, -0.2) is 31.7 Å². The SMILES string of the molecule is O=C(O)c1ccc(C(c2ccc(C(=O)O)cc2)n2ccnc2)cc1. The van der Waals surface area contributed by atoms with E-state index in [2.05, 4.69) is 4.98 Å². The Bertz CT molecular complexity index is 796. The molecule has 1 heterocycles. The highest BCUT2D eigenvalue weighted by atomic mass is 16.4. The number of aromatic nitrogens is 2. The molecule has 3 rings (SSSR count). The van der Waals surface area contributed by atoms with E-state index in [1.54, 1.807) is 67.3 Å². The summed E-state index contributed by atoms with van der Waals surface area (Å²) < 4.78 is 1.88. The van der Waals surface area contributed by atoms with Crippen molar-refractivity contribution in [1.82, 2.24) is 9.55 Å². The summed E-state index contributed by atoms with van der Waals surface area (Å²) in [6.45, 7) is 0. The van der Waals surface area contributed by atoms with Gasteiger partial charge in [0.2, 0.25) is 0 Å². The third-order valence-corrected chi connectivity index (χ3v) is 3.77. The lowest BCUT2D eigenvalue weighted by Crippen LogP contribution is -2.11. The minimum absolute atomic E-state index is 0.212. The van der Waals surface area contributed by atoms with Crippen LogP contribution in [0.25, 0.3) is 0 Å². The van der Waals surface area contributed by atoms with E-state index in [0.29, 0.717) is 0 Å². The second-order valence-electron chi connectivity index (χ2n) is 5.27. The van der Waals surface area contributed by atoms with Crippen molar-refractivity contribution in [1.29, 1.82) is 0 Å². The number of carboxylic acids is 2. The van der Waals surface area contributed by atoms with Gasteiger partial charge in [-0.05, 0) is 35.4 Å². The second-order valence-corrected chi connectivity index (χ2v) is 5.27. The maximum Gasteiger partial charge on any atom is 0.335 e. The van der Waals surface area contributed by atoms with Crippen molar-refractivity contribution in [3.8, 4) is 0 Å². The highest BCUT2D eigenvalue weighted by Gasteiger charge is 2.17. The molecule has 120 valence electrons. The number of aromatic carboxylic acids is 2. The Kier molecular flexibility index (Phi) is 4.11. The van der Waals surface area contributed by atoms with Gasteiger partial charge < -0.3 is 14.8 Å². The summed E-state index contributed by atoms with van der Waals surface area (Å²) in [5, 5.41) is 18.1. The fourth-order valence-corrected chi connectivity index (χ4v) is 2.57. The maximum atomic E-state index is 11.0. The number of benzene rings is 2. The first-order valence-corrected chi connectivity index (χ1v) is 7.20. The molecule has 0 atom stereocenters. The standard InChI is InChI=1S/C18H14N2O4/c21-17(22)14-5-1-12(2-6-14)16(20-10-9-19-11-20)13-3-7-15(8-4-13)18(23)24/h1-11,16H,(H,21,22)(H,23,24). The minimum Gasteiger partial charge on any atom is -0.478 e. The first kappa shape index (κ1) is 15.5. The van der Waals surface area contributed by atoms with E-state index >= 15 is 0 Å². The van der Waals surface area contributed by atoms with Crippen molar-refractivity contribution < 1.29 is 19.8 Å². The van der Waals surface area contributed by atoms with E-state index in [4.69, 9.17) is 10.2 Å². The summed E-state index contributed by atoms with van der Waals surface area (Å²) in [7, 11) is 0. The van der Waals surface area contributed by atoms with Gasteiger partial charge in [0, 0.05) is 12.4 Å². The van der Waals surface area contributed by atoms with Crippen molar-refractivity contribution >= 4 is 11.9 Å². The lowest BCUT2D eigenvalue weighted by Gasteiger charge is -2.20. The molecule has 2 aromatic carbocycles. The predicted octanol–water partition coefficient (Wildman–Crippen LogP) is 2.92. The van der Waals surface area contributed by atoms with Gasteiger partial charge in [0.05, 0.1) is 23.5 Å². The molecule has 0 fully saturated rings. The Balaban J connectivity index is 2.04. The molecule has 2 N–H and O–H groups in total. The number of hydrogen-bond donors (Lipinski definition) is 2. The van der Waals surface area contributed by atoms with E-state index in [1.165, 1.54) is 0 Å². The second kappa shape index (κ2) is 6.37. The Labute approximate surface area is 137 Å². The Hall–Kier alpha value is -3.41. The first-order valence-electron chi connectivity index (χ1n) is 7.20. The van der Waals surface area contributed by atoms with Crippen molar-refractivity contribution in [2.75, 3.05) is 0 Å². The molecule has 0 unspecified atom stereocenters. The highest BCUT2D eigenvalue weighted by Crippen LogP contribution is 2.27. The van der Waals surface area contributed by atoms with Crippen LogP contribution in [-0.2, 0) is 0 Å². The van der Waals surface area contributed by atoms with Gasteiger partial charge in [-0.2, -0.15) is 0 Å². The van der Waals surface area contributed by atoms with Crippen LogP contribution in [0.1, 0.15) is 37.9 Å². The zero-order valence-electron chi connectivity index (χ0n) is 12.5. The summed E-state index contributed by atoms with van der Waals surface area (Å²) in [5.74, 6) is -1.96. The Morgan fingerprint density at radius 2 is 1.29 bits per heavy atom. The zero-order valence-corrected chi connectivity index (χ0v) is 12.5. The van der Waals surface area contributed by atoms with Gasteiger partial charge in [-0.1, -0.05) is 24.3 Å². The minimum atomic E-state index is -0.980. The van der Waals surface area contributed by atoms with Gasteiger partial charge in [-0.15, -0.1) is 0 Å². The van der Waals surface area contributed by atoms with Gasteiger partial charge in [-0.25, -0.2) is 14.6 Å². The average Bonchev–Trinajstić information content (AvgIpc) is 3.10. The average molecular weight is 322 g/mol. The molecule has 6 heteroatoms. The van der Waals surface area contributed by atoms with Crippen LogP contribution in [0.4, 0.5) is 0 Å². The summed E-state index contributed by atoms with van der Waals surface area (Å²) in [6.07, 6.45) is 5.13. The van der Waals surface area contributed by atoms with Gasteiger partial charge in [0.1, 0.15) is 0 Å². The molecule has 6 nitrogen and oxygen atoms in total. The molecule has 0 aliphatic heterocycles.